The lowest BCUT2D eigenvalue weighted by Gasteiger charge is -2.26. The molecule has 0 radical (unpaired) electrons. The van der Waals surface area contributed by atoms with Crippen LogP contribution in [0.15, 0.2) is 135 Å². The van der Waals surface area contributed by atoms with Crippen LogP contribution in [-0.2, 0) is 0 Å². The number of fused-ring (bicyclic) bond motifs is 8. The van der Waals surface area contributed by atoms with Crippen molar-refractivity contribution in [3.63, 3.8) is 0 Å². The number of aryl methyl sites for hydroxylation is 1. The maximum Gasteiger partial charge on any atom is 0.257 e. The van der Waals surface area contributed by atoms with E-state index < -0.39 is 24.0 Å². The molecule has 0 saturated heterocycles. The molecule has 0 spiro atoms. The van der Waals surface area contributed by atoms with Crippen molar-refractivity contribution in [1.29, 1.82) is 0 Å². The summed E-state index contributed by atoms with van der Waals surface area (Å²) in [5.74, 6) is 1.24. The van der Waals surface area contributed by atoms with Crippen LogP contribution in [-0.4, -0.2) is 167 Å². The predicted molar refractivity (Wildman–Crippen MR) is 439 cm³/mol. The van der Waals surface area contributed by atoms with E-state index in [1.807, 2.05) is 81.1 Å². The molecule has 2 atom stereocenters. The summed E-state index contributed by atoms with van der Waals surface area (Å²) in [7, 11) is 7.21. The first-order chi connectivity index (χ1) is 54.8. The second kappa shape index (κ2) is 30.7. The van der Waals surface area contributed by atoms with Gasteiger partial charge in [-0.1, -0.05) is 11.6 Å². The highest BCUT2D eigenvalue weighted by atomic mass is 35.5. The zero-order valence-electron chi connectivity index (χ0n) is 65.1. The summed E-state index contributed by atoms with van der Waals surface area (Å²) in [4.78, 5) is 86.2. The highest BCUT2D eigenvalue weighted by Gasteiger charge is 2.39. The van der Waals surface area contributed by atoms with Gasteiger partial charge in [-0.2, -0.15) is 38.5 Å². The number of nitrogens with zero attached hydrogens (tertiary/aromatic N) is 20. The Labute approximate surface area is 657 Å². The highest BCUT2D eigenvalue weighted by molar-refractivity contribution is 6.31. The van der Waals surface area contributed by atoms with Crippen molar-refractivity contribution in [3.8, 4) is 45.0 Å². The van der Waals surface area contributed by atoms with Gasteiger partial charge in [-0.25, -0.2) is 44.3 Å². The van der Waals surface area contributed by atoms with Gasteiger partial charge in [-0.05, 0) is 124 Å². The molecule has 0 unspecified atom stereocenters. The SMILES string of the molecule is CNc1cc(-c2cn(C(C)C)c3ncc(C)cc23)nc2c(C(N)=O)cnn12.CNc1cc(-c2cn(C(C)C)c3ncc(Cl)cc23)nc2c(C(N)=O)cnn12.CNc1cc(-c2cn(C(C)C)c3ncccc23)nc2c(C(=O)NC3CCC3)cnn12.CNc1cc(-c2cn(C(C)C)c3ncccc23)nc2c(C(=O)N[C@H]3C[C@H]3F)cnn12. The lowest BCUT2D eigenvalue weighted by molar-refractivity contribution is 0.0915. The molecule has 2 fully saturated rings. The number of nitrogens with two attached hydrogens (primary N) is 2. The Morgan fingerprint density at radius 1 is 0.447 bits per heavy atom. The number of primary amides is 2. The molecule has 114 heavy (non-hydrogen) atoms. The molecule has 0 bridgehead atoms. The first kappa shape index (κ1) is 75.9. The number of halogens is 2. The third kappa shape index (κ3) is 14.0. The van der Waals surface area contributed by atoms with Gasteiger partial charge in [0.05, 0.1) is 58.6 Å². The van der Waals surface area contributed by atoms with Crippen molar-refractivity contribution in [1.82, 2.24) is 107 Å². The van der Waals surface area contributed by atoms with Gasteiger partial charge < -0.3 is 61.6 Å². The van der Waals surface area contributed by atoms with Crippen molar-refractivity contribution in [2.75, 3.05) is 49.5 Å². The molecule has 2 aliphatic rings. The van der Waals surface area contributed by atoms with Crippen LogP contribution in [0.4, 0.5) is 27.7 Å². The number of aromatic nitrogens is 20. The molecule has 2 aliphatic carbocycles. The number of carbonyl (C=O) groups excluding carboxylic acids is 4. The average molecular weight is 1560 g/mol. The number of nitrogens with one attached hydrogen (secondary N) is 6. The van der Waals surface area contributed by atoms with Crippen LogP contribution >= 0.6 is 11.6 Å². The van der Waals surface area contributed by atoms with E-state index in [0.717, 1.165) is 102 Å². The van der Waals surface area contributed by atoms with E-state index in [0.29, 0.717) is 74.0 Å². The van der Waals surface area contributed by atoms with Crippen LogP contribution in [0.5, 0.6) is 0 Å². The van der Waals surface area contributed by atoms with Gasteiger partial charge >= 0.3 is 0 Å². The quantitative estimate of drug-likeness (QED) is 0.0395. The van der Waals surface area contributed by atoms with Crippen molar-refractivity contribution in [2.45, 2.75) is 130 Å². The highest BCUT2D eigenvalue weighted by Crippen LogP contribution is 2.39. The lowest BCUT2D eigenvalue weighted by atomic mass is 9.93. The third-order valence-corrected chi connectivity index (χ3v) is 20.6. The van der Waals surface area contributed by atoms with Gasteiger partial charge in [0.1, 0.15) is 74.3 Å². The lowest BCUT2D eigenvalue weighted by Crippen LogP contribution is -2.39. The van der Waals surface area contributed by atoms with Gasteiger partial charge in [0.2, 0.25) is 0 Å². The van der Waals surface area contributed by atoms with Gasteiger partial charge in [-0.3, -0.25) is 19.2 Å². The summed E-state index contributed by atoms with van der Waals surface area (Å²) < 4.78 is 28.1. The summed E-state index contributed by atoms with van der Waals surface area (Å²) in [5, 5.41) is 39.9. The molecule has 16 heterocycles. The molecule has 16 aromatic rings. The Kier molecular flexibility index (Phi) is 20.4. The molecule has 2 saturated carbocycles. The number of alkyl halides is 1. The van der Waals surface area contributed by atoms with Crippen LogP contribution < -0.4 is 43.4 Å². The van der Waals surface area contributed by atoms with Crippen LogP contribution in [0.1, 0.15) is 152 Å². The zero-order valence-corrected chi connectivity index (χ0v) is 65.8. The number of hydrogen-bond donors (Lipinski definition) is 8. The Morgan fingerprint density at radius 3 is 1.12 bits per heavy atom. The van der Waals surface area contributed by atoms with E-state index in [9.17, 15) is 23.6 Å². The first-order valence-corrected chi connectivity index (χ1v) is 37.9. The van der Waals surface area contributed by atoms with Crippen molar-refractivity contribution >= 4 is 125 Å². The normalized spacial score (nSPS) is 14.1. The Hall–Kier alpha value is -13.5. The molecule has 16 aromatic heterocycles. The van der Waals surface area contributed by atoms with E-state index in [2.05, 4.69) is 175 Å². The number of carbonyl (C=O) groups is 4. The first-order valence-electron chi connectivity index (χ1n) is 37.5. The fourth-order valence-corrected chi connectivity index (χ4v) is 14.2. The summed E-state index contributed by atoms with van der Waals surface area (Å²) in [6.07, 6.45) is 23.8. The number of rotatable bonds is 18. The molecule has 0 aromatic carbocycles. The molecule has 10 N–H and O–H groups in total. The summed E-state index contributed by atoms with van der Waals surface area (Å²) in [6, 6.07) is 20.3. The fraction of sp³-hybridized carbons (Fsp3) is 0.300. The molecule has 18 rings (SSSR count). The molecular formula is C80H86ClFN28O4. The van der Waals surface area contributed by atoms with Crippen molar-refractivity contribution < 1.29 is 23.6 Å². The largest absolute Gasteiger partial charge is 0.373 e. The number of hydrogen-bond acceptors (Lipinski definition) is 20. The summed E-state index contributed by atoms with van der Waals surface area (Å²) in [5.41, 5.74) is 25.3. The van der Waals surface area contributed by atoms with Crippen LogP contribution in [0.2, 0.25) is 5.02 Å². The van der Waals surface area contributed by atoms with Gasteiger partial charge in [0, 0.05) is 182 Å². The van der Waals surface area contributed by atoms with Crippen molar-refractivity contribution in [3.05, 3.63) is 168 Å². The average Bonchev–Trinajstić information content (AvgIpc) is 1.62. The smallest absolute Gasteiger partial charge is 0.257 e. The van der Waals surface area contributed by atoms with E-state index in [1.165, 1.54) is 25.0 Å². The minimum absolute atomic E-state index is 0.118. The van der Waals surface area contributed by atoms with E-state index in [-0.39, 0.29) is 53.2 Å². The Morgan fingerprint density at radius 2 is 0.781 bits per heavy atom. The zero-order chi connectivity index (χ0) is 80.4. The minimum atomic E-state index is -0.971. The van der Waals surface area contributed by atoms with Gasteiger partial charge in [0.25, 0.3) is 23.6 Å². The molecule has 0 aliphatic heterocycles. The van der Waals surface area contributed by atoms with E-state index in [4.69, 9.17) is 38.0 Å². The molecule has 34 heteroatoms. The topological polar surface area (TPSA) is 385 Å². The molecular weight excluding hydrogens is 1470 g/mol. The summed E-state index contributed by atoms with van der Waals surface area (Å²) in [6.45, 7) is 18.9. The second-order valence-electron chi connectivity index (χ2n) is 29.3. The van der Waals surface area contributed by atoms with Gasteiger partial charge in [-0.15, -0.1) is 0 Å². The monoisotopic (exact) mass is 1560 g/mol. The second-order valence-corrected chi connectivity index (χ2v) is 29.7. The Bertz CT molecular complexity index is 6070. The third-order valence-electron chi connectivity index (χ3n) is 20.4. The number of pyridine rings is 4. The number of anilines is 4. The molecule has 32 nitrogen and oxygen atoms in total. The maximum absolute atomic E-state index is 13.2. The molecule has 584 valence electrons. The van der Waals surface area contributed by atoms with Crippen LogP contribution in [0.3, 0.4) is 0 Å². The fourth-order valence-electron chi connectivity index (χ4n) is 14.1. The van der Waals surface area contributed by atoms with Crippen molar-refractivity contribution in [2.24, 2.45) is 11.5 Å². The Balaban J connectivity index is 0.000000120. The van der Waals surface area contributed by atoms with Crippen LogP contribution in [0.25, 0.3) is 112 Å². The molecule has 4 amide bonds. The summed E-state index contributed by atoms with van der Waals surface area (Å²) >= 11 is 6.19. The minimum Gasteiger partial charge on any atom is -0.373 e. The maximum atomic E-state index is 13.2. The van der Waals surface area contributed by atoms with E-state index >= 15 is 0 Å². The van der Waals surface area contributed by atoms with Crippen LogP contribution in [0, 0.1) is 6.92 Å². The van der Waals surface area contributed by atoms with Gasteiger partial charge in [0.15, 0.2) is 22.6 Å². The predicted octanol–water partition coefficient (Wildman–Crippen LogP) is 12.8. The van der Waals surface area contributed by atoms with E-state index in [1.54, 1.807) is 64.0 Å². The standard InChI is InChI=1S/C22H25N7O.C21H22FN7O.C19H21N7O.C18H18ClN7O/c1-13(2)28-12-17(15-8-5-9-24-20(15)28)18-10-19(23-3)29-21(27-18)16(11-25-29)22(30)26-14-6-4-7-14;1-11(2)28-10-14(12-5-4-6-24-19(12)28)16-8-18(23-3)29-20(26-16)13(9-25-29)21(30)27-17-7-15(17)22;1-10(2)25-9-14(12-5-11(3)7-22-18(12)25)15-6-16(21-4)26-19(24-15)13(8-23-26)17(20)27;1-9(2)25-8-13(11-4-10(19)6-22-17(11)25)14-5-15(21-3)26-18(24-14)12(7-23-26)16(20)27/h5,8-14,23H,4,6-7H2,1-3H3,(H,26,30);4-6,8-11,15,17,23H,7H2,1-3H3,(H,27,30);5-10,21H,1-4H3,(H2,20,27);4-9,21H,1-3H3,(H2,20,27)/t;15-,17+;;/m.1../s1. The number of amides is 4.